The highest BCUT2D eigenvalue weighted by atomic mass is 19.3. The first kappa shape index (κ1) is 21.6. The number of carbonyl (C=O) groups is 1. The molecule has 156 valence electrons. The van der Waals surface area contributed by atoms with Gasteiger partial charge in [-0.3, -0.25) is 9.78 Å². The van der Waals surface area contributed by atoms with Gasteiger partial charge in [-0.2, -0.15) is 0 Å². The minimum atomic E-state index is -3.24. The molecule has 0 aliphatic heterocycles. The van der Waals surface area contributed by atoms with Crippen LogP contribution in [0.5, 0.6) is 0 Å². The van der Waals surface area contributed by atoms with E-state index in [0.717, 1.165) is 23.6 Å². The van der Waals surface area contributed by atoms with Crippen molar-refractivity contribution in [3.63, 3.8) is 0 Å². The first-order valence-electron chi connectivity index (χ1n) is 9.68. The number of aryl methyl sites for hydroxylation is 1. The lowest BCUT2D eigenvalue weighted by atomic mass is 9.79. The topological polar surface area (TPSA) is 42.0 Å². The second-order valence-electron chi connectivity index (χ2n) is 7.35. The van der Waals surface area contributed by atoms with Crippen molar-refractivity contribution in [2.24, 2.45) is 0 Å². The van der Waals surface area contributed by atoms with Crippen molar-refractivity contribution in [2.45, 2.75) is 38.2 Å². The average molecular weight is 412 g/mol. The number of pyridine rings is 1. The average Bonchev–Trinajstić information content (AvgIpc) is 2.73. The molecule has 0 aliphatic carbocycles. The van der Waals surface area contributed by atoms with E-state index in [2.05, 4.69) is 10.3 Å². The van der Waals surface area contributed by atoms with Gasteiger partial charge in [0.25, 0.3) is 5.92 Å². The smallest absolute Gasteiger partial charge is 0.270 e. The number of aromatic nitrogens is 1. The number of rotatable bonds is 8. The van der Waals surface area contributed by atoms with Crippen LogP contribution < -0.4 is 5.32 Å². The predicted molar refractivity (Wildman–Crippen MR) is 110 cm³/mol. The van der Waals surface area contributed by atoms with Crippen LogP contribution in [0.3, 0.4) is 0 Å². The SMILES string of the molecule is CCc1ccc(C(Cc2ccccc2)(NC=O)c2cc(F)cc(C(C)(F)F)c2)nc1. The zero-order chi connectivity index (χ0) is 21.8. The summed E-state index contributed by atoms with van der Waals surface area (Å²) in [7, 11) is 0. The van der Waals surface area contributed by atoms with E-state index in [-0.39, 0.29) is 12.0 Å². The van der Waals surface area contributed by atoms with Crippen LogP contribution in [0.4, 0.5) is 13.2 Å². The van der Waals surface area contributed by atoms with Crippen LogP contribution >= 0.6 is 0 Å². The fraction of sp³-hybridized carbons (Fsp3) is 0.250. The molecule has 3 aromatic rings. The Morgan fingerprint density at radius 3 is 2.27 bits per heavy atom. The van der Waals surface area contributed by atoms with Crippen molar-refractivity contribution in [2.75, 3.05) is 0 Å². The number of carbonyl (C=O) groups excluding carboxylic acids is 1. The van der Waals surface area contributed by atoms with Gasteiger partial charge in [0, 0.05) is 25.1 Å². The summed E-state index contributed by atoms with van der Waals surface area (Å²) in [6.07, 6.45) is 3.15. The third kappa shape index (κ3) is 4.53. The predicted octanol–water partition coefficient (Wildman–Crippen LogP) is 5.13. The van der Waals surface area contributed by atoms with E-state index in [9.17, 15) is 18.0 Å². The second-order valence-corrected chi connectivity index (χ2v) is 7.35. The number of halogens is 3. The Bertz CT molecular complexity index is 1000. The van der Waals surface area contributed by atoms with Crippen LogP contribution in [0.2, 0.25) is 0 Å². The highest BCUT2D eigenvalue weighted by Gasteiger charge is 2.38. The molecule has 3 rings (SSSR count). The van der Waals surface area contributed by atoms with E-state index in [1.165, 1.54) is 12.1 Å². The molecule has 1 aromatic heterocycles. The molecule has 1 atom stereocenters. The molecular formula is C24H23F3N2O. The molecule has 0 radical (unpaired) electrons. The quantitative estimate of drug-likeness (QED) is 0.522. The van der Waals surface area contributed by atoms with E-state index in [0.29, 0.717) is 19.0 Å². The number of amides is 1. The summed E-state index contributed by atoms with van der Waals surface area (Å²) in [5.74, 6) is -4.05. The van der Waals surface area contributed by atoms with Crippen LogP contribution in [-0.2, 0) is 29.1 Å². The van der Waals surface area contributed by atoms with Crippen LogP contribution in [-0.4, -0.2) is 11.4 Å². The Kier molecular flexibility index (Phi) is 6.25. The van der Waals surface area contributed by atoms with Gasteiger partial charge in [0.2, 0.25) is 6.41 Å². The minimum absolute atomic E-state index is 0.201. The molecule has 1 N–H and O–H groups in total. The zero-order valence-electron chi connectivity index (χ0n) is 16.8. The minimum Gasteiger partial charge on any atom is -0.343 e. The number of alkyl halides is 2. The molecule has 6 heteroatoms. The van der Waals surface area contributed by atoms with Crippen molar-refractivity contribution in [1.82, 2.24) is 10.3 Å². The van der Waals surface area contributed by atoms with Crippen LogP contribution in [0.25, 0.3) is 0 Å². The van der Waals surface area contributed by atoms with E-state index >= 15 is 0 Å². The number of benzene rings is 2. The molecule has 0 spiro atoms. The Balaban J connectivity index is 2.26. The lowest BCUT2D eigenvalue weighted by Gasteiger charge is -2.34. The lowest BCUT2D eigenvalue weighted by molar-refractivity contribution is -0.111. The highest BCUT2D eigenvalue weighted by molar-refractivity contribution is 5.54. The normalized spacial score (nSPS) is 13.5. The van der Waals surface area contributed by atoms with Crippen LogP contribution in [0.15, 0.2) is 66.9 Å². The monoisotopic (exact) mass is 412 g/mol. The summed E-state index contributed by atoms with van der Waals surface area (Å²) in [5, 5.41) is 2.77. The van der Waals surface area contributed by atoms with Gasteiger partial charge in [0.1, 0.15) is 11.4 Å². The van der Waals surface area contributed by atoms with Crippen molar-refractivity contribution < 1.29 is 18.0 Å². The van der Waals surface area contributed by atoms with Crippen molar-refractivity contribution >= 4 is 6.41 Å². The standard InChI is InChI=1S/C24H23F3N2O/c1-3-17-9-10-22(28-15-17)24(29-16-30,14-18-7-5-4-6-8-18)20-11-19(23(2,26)27)12-21(25)13-20/h4-13,15-16H,3,14H2,1-2H3,(H,29,30). The van der Waals surface area contributed by atoms with Crippen molar-refractivity contribution in [1.29, 1.82) is 0 Å². The number of nitrogens with zero attached hydrogens (tertiary/aromatic N) is 1. The van der Waals surface area contributed by atoms with Gasteiger partial charge in [-0.1, -0.05) is 43.3 Å². The summed E-state index contributed by atoms with van der Waals surface area (Å²) in [6.45, 7) is 2.70. The number of hydrogen-bond acceptors (Lipinski definition) is 2. The summed E-state index contributed by atoms with van der Waals surface area (Å²) >= 11 is 0. The highest BCUT2D eigenvalue weighted by Crippen LogP contribution is 2.36. The molecule has 0 saturated heterocycles. The van der Waals surface area contributed by atoms with E-state index < -0.39 is 22.8 Å². The Hall–Kier alpha value is -3.15. The zero-order valence-corrected chi connectivity index (χ0v) is 16.8. The first-order chi connectivity index (χ1) is 14.3. The molecule has 0 fully saturated rings. The molecule has 2 aromatic carbocycles. The molecule has 30 heavy (non-hydrogen) atoms. The van der Waals surface area contributed by atoms with Gasteiger partial charge in [0.15, 0.2) is 0 Å². The number of hydrogen-bond donors (Lipinski definition) is 1. The molecule has 1 unspecified atom stereocenters. The fourth-order valence-electron chi connectivity index (χ4n) is 3.53. The molecular weight excluding hydrogens is 389 g/mol. The largest absolute Gasteiger partial charge is 0.343 e. The van der Waals surface area contributed by atoms with E-state index in [1.807, 2.05) is 43.3 Å². The Morgan fingerprint density at radius 1 is 1.00 bits per heavy atom. The summed E-state index contributed by atoms with van der Waals surface area (Å²) in [4.78, 5) is 16.2. The molecule has 1 amide bonds. The first-order valence-corrected chi connectivity index (χ1v) is 9.68. The van der Waals surface area contributed by atoms with Crippen LogP contribution in [0, 0.1) is 5.82 Å². The second kappa shape index (κ2) is 8.69. The van der Waals surface area contributed by atoms with Gasteiger partial charge >= 0.3 is 0 Å². The van der Waals surface area contributed by atoms with Gasteiger partial charge in [-0.15, -0.1) is 0 Å². The van der Waals surface area contributed by atoms with Crippen molar-refractivity contribution in [3.8, 4) is 0 Å². The molecule has 1 heterocycles. The molecule has 0 bridgehead atoms. The van der Waals surface area contributed by atoms with Gasteiger partial charge in [-0.25, -0.2) is 13.2 Å². The fourth-order valence-corrected chi connectivity index (χ4v) is 3.53. The Morgan fingerprint density at radius 2 is 1.70 bits per heavy atom. The van der Waals surface area contributed by atoms with Gasteiger partial charge < -0.3 is 5.32 Å². The summed E-state index contributed by atoms with van der Waals surface area (Å²) < 4.78 is 42.5. The molecule has 0 aliphatic rings. The molecule has 0 saturated carbocycles. The summed E-state index contributed by atoms with van der Waals surface area (Å²) in [6, 6.07) is 16.1. The third-order valence-corrected chi connectivity index (χ3v) is 5.19. The molecule has 3 nitrogen and oxygen atoms in total. The Labute approximate surface area is 174 Å². The third-order valence-electron chi connectivity index (χ3n) is 5.19. The maximum atomic E-state index is 14.4. The van der Waals surface area contributed by atoms with E-state index in [4.69, 9.17) is 0 Å². The lowest BCUT2D eigenvalue weighted by Crippen LogP contribution is -2.45. The van der Waals surface area contributed by atoms with Crippen molar-refractivity contribution in [3.05, 3.63) is 101 Å². The van der Waals surface area contributed by atoms with Crippen LogP contribution in [0.1, 0.15) is 41.8 Å². The number of nitrogens with one attached hydrogen (secondary N) is 1. The van der Waals surface area contributed by atoms with Gasteiger partial charge in [0.05, 0.1) is 5.69 Å². The van der Waals surface area contributed by atoms with Gasteiger partial charge in [-0.05, 0) is 47.4 Å². The summed E-state index contributed by atoms with van der Waals surface area (Å²) in [5.41, 5.74) is 0.671. The maximum absolute atomic E-state index is 14.4. The maximum Gasteiger partial charge on any atom is 0.270 e. The van der Waals surface area contributed by atoms with E-state index in [1.54, 1.807) is 12.3 Å².